The van der Waals surface area contributed by atoms with Gasteiger partial charge in [-0.25, -0.2) is 0 Å². The fraction of sp³-hybridized carbons (Fsp3) is 0.600. The molecule has 0 aliphatic heterocycles. The highest BCUT2D eigenvalue weighted by molar-refractivity contribution is 7.80. The van der Waals surface area contributed by atoms with Crippen LogP contribution < -0.4 is 10.6 Å². The van der Waals surface area contributed by atoms with E-state index in [2.05, 4.69) is 15.8 Å². The Morgan fingerprint density at radius 2 is 2.44 bits per heavy atom. The zero-order valence-electron chi connectivity index (χ0n) is 9.74. The van der Waals surface area contributed by atoms with Gasteiger partial charge in [0.1, 0.15) is 11.5 Å². The summed E-state index contributed by atoms with van der Waals surface area (Å²) in [7, 11) is 1.66. The zero-order chi connectivity index (χ0) is 12.0. The topological polar surface area (TPSA) is 59.3 Å². The molecular weight excluding hydrogens is 226 g/mol. The van der Waals surface area contributed by atoms with Gasteiger partial charge in [0, 0.05) is 19.2 Å². The summed E-state index contributed by atoms with van der Waals surface area (Å²) in [6, 6.07) is 2.05. The van der Waals surface area contributed by atoms with E-state index in [1.807, 2.05) is 19.9 Å². The first-order chi connectivity index (χ1) is 7.61. The number of methoxy groups -OCH3 is 1. The zero-order valence-corrected chi connectivity index (χ0v) is 10.6. The number of hydrogen-bond donors (Lipinski definition) is 2. The van der Waals surface area contributed by atoms with Crippen molar-refractivity contribution in [2.24, 2.45) is 0 Å². The minimum atomic E-state index is 0.184. The van der Waals surface area contributed by atoms with Gasteiger partial charge in [-0.3, -0.25) is 0 Å². The van der Waals surface area contributed by atoms with Gasteiger partial charge in [-0.05, 0) is 26.1 Å². The van der Waals surface area contributed by atoms with E-state index in [1.165, 1.54) is 0 Å². The molecule has 1 aromatic rings. The first kappa shape index (κ1) is 12.9. The molecule has 5 nitrogen and oxygen atoms in total. The molecule has 0 fully saturated rings. The van der Waals surface area contributed by atoms with Crippen LogP contribution in [0.25, 0.3) is 0 Å². The predicted octanol–water partition coefficient (Wildman–Crippen LogP) is 0.982. The summed E-state index contributed by atoms with van der Waals surface area (Å²) in [5.74, 6) is 0.795. The minimum absolute atomic E-state index is 0.184. The number of nitrogens with zero attached hydrogens (tertiary/aromatic N) is 1. The van der Waals surface area contributed by atoms with Gasteiger partial charge in [0.05, 0.1) is 13.2 Å². The highest BCUT2D eigenvalue weighted by Crippen LogP contribution is 2.00. The molecule has 1 heterocycles. The summed E-state index contributed by atoms with van der Waals surface area (Å²) in [5, 5.41) is 10.6. The highest BCUT2D eigenvalue weighted by atomic mass is 32.1. The molecule has 0 aliphatic rings. The lowest BCUT2D eigenvalue weighted by Gasteiger charge is -2.15. The predicted molar refractivity (Wildman–Crippen MR) is 65.2 cm³/mol. The number of aryl methyl sites for hydroxylation is 1. The molecule has 0 bridgehead atoms. The number of thiocarbonyl (C=S) groups is 1. The van der Waals surface area contributed by atoms with Gasteiger partial charge in [0.15, 0.2) is 5.11 Å². The van der Waals surface area contributed by atoms with Crippen LogP contribution in [0.2, 0.25) is 0 Å². The number of nitrogens with one attached hydrogen (secondary N) is 2. The lowest BCUT2D eigenvalue weighted by Crippen LogP contribution is -2.42. The summed E-state index contributed by atoms with van der Waals surface area (Å²) in [6.07, 6.45) is 0. The smallest absolute Gasteiger partial charge is 0.166 e. The van der Waals surface area contributed by atoms with Crippen molar-refractivity contribution in [3.8, 4) is 0 Å². The first-order valence-electron chi connectivity index (χ1n) is 5.07. The Balaban J connectivity index is 2.25. The van der Waals surface area contributed by atoms with Crippen LogP contribution in [-0.4, -0.2) is 30.0 Å². The first-order valence-corrected chi connectivity index (χ1v) is 5.48. The van der Waals surface area contributed by atoms with Gasteiger partial charge >= 0.3 is 0 Å². The molecule has 16 heavy (non-hydrogen) atoms. The van der Waals surface area contributed by atoms with Gasteiger partial charge in [0.2, 0.25) is 0 Å². The standard InChI is InChI=1S/C10H17N3O2S/c1-7(6-14-3)12-10(16)11-5-9-4-8(2)15-13-9/h4,7H,5-6H2,1-3H3,(H2,11,12,16). The van der Waals surface area contributed by atoms with Crippen molar-refractivity contribution in [2.75, 3.05) is 13.7 Å². The van der Waals surface area contributed by atoms with Gasteiger partial charge in [0.25, 0.3) is 0 Å². The monoisotopic (exact) mass is 243 g/mol. The molecule has 0 saturated heterocycles. The SMILES string of the molecule is COCC(C)NC(=S)NCc1cc(C)on1. The molecule has 0 saturated carbocycles. The Bertz CT molecular complexity index is 341. The third-order valence-electron chi connectivity index (χ3n) is 1.90. The lowest BCUT2D eigenvalue weighted by atomic mass is 10.3. The van der Waals surface area contributed by atoms with Crippen molar-refractivity contribution in [1.29, 1.82) is 0 Å². The number of rotatable bonds is 5. The summed E-state index contributed by atoms with van der Waals surface area (Å²) < 4.78 is 9.94. The molecule has 1 aromatic heterocycles. The minimum Gasteiger partial charge on any atom is -0.383 e. The van der Waals surface area contributed by atoms with Crippen molar-refractivity contribution in [3.05, 3.63) is 17.5 Å². The normalized spacial score (nSPS) is 12.2. The third kappa shape index (κ3) is 4.59. The molecular formula is C10H17N3O2S. The molecule has 6 heteroatoms. The average molecular weight is 243 g/mol. The Hall–Kier alpha value is -1.14. The lowest BCUT2D eigenvalue weighted by molar-refractivity contribution is 0.179. The van der Waals surface area contributed by atoms with Gasteiger partial charge in [-0.15, -0.1) is 0 Å². The average Bonchev–Trinajstić information content (AvgIpc) is 2.61. The highest BCUT2D eigenvalue weighted by Gasteiger charge is 2.04. The maximum atomic E-state index is 5.11. The van der Waals surface area contributed by atoms with E-state index in [4.69, 9.17) is 21.5 Å². The second-order valence-corrected chi connectivity index (χ2v) is 4.02. The summed E-state index contributed by atoms with van der Waals surface area (Å²) in [6.45, 7) is 5.03. The molecule has 0 aromatic carbocycles. The number of aromatic nitrogens is 1. The Morgan fingerprint density at radius 1 is 1.69 bits per heavy atom. The van der Waals surface area contributed by atoms with E-state index >= 15 is 0 Å². The van der Waals surface area contributed by atoms with Crippen LogP contribution in [0.1, 0.15) is 18.4 Å². The van der Waals surface area contributed by atoms with Crippen LogP contribution in [-0.2, 0) is 11.3 Å². The fourth-order valence-corrected chi connectivity index (χ4v) is 1.51. The molecule has 0 amide bonds. The largest absolute Gasteiger partial charge is 0.383 e. The summed E-state index contributed by atoms with van der Waals surface area (Å²) in [4.78, 5) is 0. The second kappa shape index (κ2) is 6.44. The van der Waals surface area contributed by atoms with E-state index in [-0.39, 0.29) is 6.04 Å². The second-order valence-electron chi connectivity index (χ2n) is 3.61. The van der Waals surface area contributed by atoms with E-state index in [0.29, 0.717) is 18.3 Å². The van der Waals surface area contributed by atoms with E-state index in [0.717, 1.165) is 11.5 Å². The van der Waals surface area contributed by atoms with Crippen molar-refractivity contribution in [3.63, 3.8) is 0 Å². The number of hydrogen-bond acceptors (Lipinski definition) is 4. The van der Waals surface area contributed by atoms with Gasteiger partial charge in [-0.1, -0.05) is 5.16 Å². The quantitative estimate of drug-likeness (QED) is 0.752. The summed E-state index contributed by atoms with van der Waals surface area (Å²) >= 11 is 5.11. The van der Waals surface area contributed by atoms with Crippen LogP contribution in [0.15, 0.2) is 10.6 Å². The third-order valence-corrected chi connectivity index (χ3v) is 2.16. The Labute approximate surface area is 101 Å². The maximum Gasteiger partial charge on any atom is 0.166 e. The van der Waals surface area contributed by atoms with Crippen molar-refractivity contribution >= 4 is 17.3 Å². The maximum absolute atomic E-state index is 5.11. The molecule has 1 unspecified atom stereocenters. The molecule has 0 aliphatic carbocycles. The number of ether oxygens (including phenoxy) is 1. The van der Waals surface area contributed by atoms with E-state index in [1.54, 1.807) is 7.11 Å². The molecule has 1 rings (SSSR count). The Morgan fingerprint density at radius 3 is 3.00 bits per heavy atom. The molecule has 90 valence electrons. The van der Waals surface area contributed by atoms with Crippen LogP contribution in [0.4, 0.5) is 0 Å². The van der Waals surface area contributed by atoms with Crippen molar-refractivity contribution in [1.82, 2.24) is 15.8 Å². The van der Waals surface area contributed by atoms with Crippen LogP contribution in [0.5, 0.6) is 0 Å². The molecule has 1 atom stereocenters. The molecule has 0 spiro atoms. The van der Waals surface area contributed by atoms with Gasteiger partial charge in [-0.2, -0.15) is 0 Å². The van der Waals surface area contributed by atoms with Gasteiger partial charge < -0.3 is 19.9 Å². The summed E-state index contributed by atoms with van der Waals surface area (Å²) in [5.41, 5.74) is 0.834. The van der Waals surface area contributed by atoms with Crippen molar-refractivity contribution < 1.29 is 9.26 Å². The van der Waals surface area contributed by atoms with Crippen LogP contribution in [0.3, 0.4) is 0 Å². The van der Waals surface area contributed by atoms with Crippen molar-refractivity contribution in [2.45, 2.75) is 26.4 Å². The fourth-order valence-electron chi connectivity index (χ4n) is 1.24. The van der Waals surface area contributed by atoms with Crippen LogP contribution >= 0.6 is 12.2 Å². The van der Waals surface area contributed by atoms with Crippen LogP contribution in [0, 0.1) is 6.92 Å². The van der Waals surface area contributed by atoms with E-state index < -0.39 is 0 Å². The Kier molecular flexibility index (Phi) is 5.21. The molecule has 2 N–H and O–H groups in total. The molecule has 0 radical (unpaired) electrons. The van der Waals surface area contributed by atoms with E-state index in [9.17, 15) is 0 Å².